The van der Waals surface area contributed by atoms with Crippen molar-refractivity contribution in [2.45, 2.75) is 13.5 Å². The van der Waals surface area contributed by atoms with Gasteiger partial charge in [-0.1, -0.05) is 11.6 Å². The summed E-state index contributed by atoms with van der Waals surface area (Å²) in [5, 5.41) is 16.9. The average molecular weight is 280 g/mol. The van der Waals surface area contributed by atoms with Crippen LogP contribution in [0.4, 0.5) is 5.69 Å². The normalized spacial score (nSPS) is 10.5. The van der Waals surface area contributed by atoms with Crippen LogP contribution in [-0.4, -0.2) is 20.9 Å². The van der Waals surface area contributed by atoms with E-state index in [2.05, 4.69) is 10.4 Å². The summed E-state index contributed by atoms with van der Waals surface area (Å²) >= 11 is 5.80. The Morgan fingerprint density at radius 3 is 2.84 bits per heavy atom. The Morgan fingerprint density at radius 1 is 1.53 bits per heavy atom. The highest BCUT2D eigenvalue weighted by atomic mass is 35.5. The first-order chi connectivity index (χ1) is 8.97. The van der Waals surface area contributed by atoms with Gasteiger partial charge in [0.2, 0.25) is 0 Å². The minimum atomic E-state index is -1.01. The number of aromatic carboxylic acids is 1. The van der Waals surface area contributed by atoms with E-state index in [0.717, 1.165) is 11.3 Å². The molecule has 2 aromatic rings. The fraction of sp³-hybridized carbons (Fsp3) is 0.231. The van der Waals surface area contributed by atoms with E-state index in [0.29, 0.717) is 17.3 Å². The fourth-order valence-corrected chi connectivity index (χ4v) is 2.03. The lowest BCUT2D eigenvalue weighted by atomic mass is 10.1. The summed E-state index contributed by atoms with van der Waals surface area (Å²) in [5.41, 5.74) is 2.64. The molecular weight excluding hydrogens is 266 g/mol. The number of aryl methyl sites for hydroxylation is 2. The molecule has 2 rings (SSSR count). The minimum absolute atomic E-state index is 0.161. The number of aromatic nitrogens is 2. The molecule has 0 saturated heterocycles. The first kappa shape index (κ1) is 13.4. The molecule has 0 fully saturated rings. The third-order valence-corrected chi connectivity index (χ3v) is 3.03. The number of hydrogen-bond acceptors (Lipinski definition) is 3. The number of carboxylic acids is 1. The quantitative estimate of drug-likeness (QED) is 0.903. The van der Waals surface area contributed by atoms with Crippen molar-refractivity contribution in [3.05, 3.63) is 46.2 Å². The molecule has 0 aliphatic rings. The molecular formula is C13H14ClN3O2. The van der Waals surface area contributed by atoms with Crippen LogP contribution in [0.25, 0.3) is 0 Å². The maximum absolute atomic E-state index is 11.1. The van der Waals surface area contributed by atoms with Gasteiger partial charge < -0.3 is 10.4 Å². The van der Waals surface area contributed by atoms with Crippen LogP contribution in [0.2, 0.25) is 5.02 Å². The lowest BCUT2D eigenvalue weighted by Gasteiger charge is -2.09. The van der Waals surface area contributed by atoms with Gasteiger partial charge in [0.05, 0.1) is 11.3 Å². The Morgan fingerprint density at radius 2 is 2.26 bits per heavy atom. The van der Waals surface area contributed by atoms with Gasteiger partial charge in [0, 0.05) is 36.1 Å². The molecule has 0 unspecified atom stereocenters. The Labute approximate surface area is 115 Å². The third kappa shape index (κ3) is 3.06. The van der Waals surface area contributed by atoms with E-state index in [-0.39, 0.29) is 5.56 Å². The Kier molecular flexibility index (Phi) is 3.76. The number of halogens is 1. The molecule has 1 aromatic heterocycles. The number of anilines is 1. The third-order valence-electron chi connectivity index (χ3n) is 2.80. The summed E-state index contributed by atoms with van der Waals surface area (Å²) in [6.07, 6.45) is 1.90. The first-order valence-electron chi connectivity index (χ1n) is 5.73. The van der Waals surface area contributed by atoms with Crippen molar-refractivity contribution in [3.8, 4) is 0 Å². The van der Waals surface area contributed by atoms with Gasteiger partial charge in [0.15, 0.2) is 0 Å². The molecule has 0 saturated carbocycles. The highest BCUT2D eigenvalue weighted by molar-refractivity contribution is 6.31. The maximum atomic E-state index is 11.1. The number of nitrogens with one attached hydrogen (secondary N) is 1. The molecule has 1 heterocycles. The topological polar surface area (TPSA) is 67.2 Å². The van der Waals surface area contributed by atoms with Crippen LogP contribution in [-0.2, 0) is 13.6 Å². The zero-order chi connectivity index (χ0) is 14.0. The van der Waals surface area contributed by atoms with Crippen LogP contribution in [0.5, 0.6) is 0 Å². The Balaban J connectivity index is 2.20. The number of rotatable bonds is 4. The standard InChI is InChI=1S/C13H14ClN3O2/c1-8-9(7-17(2)16-8)6-15-12-4-3-10(14)5-11(12)13(18)19/h3-5,7,15H,6H2,1-2H3,(H,18,19). The zero-order valence-corrected chi connectivity index (χ0v) is 11.4. The van der Waals surface area contributed by atoms with Gasteiger partial charge in [0.25, 0.3) is 0 Å². The lowest BCUT2D eigenvalue weighted by Crippen LogP contribution is -2.06. The summed E-state index contributed by atoms with van der Waals surface area (Å²) in [6.45, 7) is 2.43. The summed E-state index contributed by atoms with van der Waals surface area (Å²) in [6, 6.07) is 4.76. The highest BCUT2D eigenvalue weighted by Gasteiger charge is 2.11. The van der Waals surface area contributed by atoms with Crippen LogP contribution in [0, 0.1) is 6.92 Å². The summed E-state index contributed by atoms with van der Waals surface area (Å²) in [5.74, 6) is -1.01. The van der Waals surface area contributed by atoms with Crippen molar-refractivity contribution in [1.82, 2.24) is 9.78 Å². The molecule has 0 spiro atoms. The van der Waals surface area contributed by atoms with Crippen LogP contribution in [0.15, 0.2) is 24.4 Å². The van der Waals surface area contributed by atoms with E-state index in [9.17, 15) is 4.79 Å². The zero-order valence-electron chi connectivity index (χ0n) is 10.6. The molecule has 0 radical (unpaired) electrons. The van der Waals surface area contributed by atoms with Crippen molar-refractivity contribution in [2.24, 2.45) is 7.05 Å². The molecule has 0 bridgehead atoms. The Bertz CT molecular complexity index is 622. The van der Waals surface area contributed by atoms with E-state index in [1.807, 2.05) is 20.2 Å². The summed E-state index contributed by atoms with van der Waals surface area (Å²) in [4.78, 5) is 11.1. The van der Waals surface area contributed by atoms with Gasteiger partial charge in [0.1, 0.15) is 0 Å². The largest absolute Gasteiger partial charge is 0.478 e. The first-order valence-corrected chi connectivity index (χ1v) is 6.11. The molecule has 6 heteroatoms. The predicted octanol–water partition coefficient (Wildman–Crippen LogP) is 2.69. The Hall–Kier alpha value is -2.01. The fourth-order valence-electron chi connectivity index (χ4n) is 1.86. The molecule has 100 valence electrons. The second-order valence-corrected chi connectivity index (χ2v) is 4.70. The second kappa shape index (κ2) is 5.32. The van der Waals surface area contributed by atoms with E-state index in [4.69, 9.17) is 16.7 Å². The van der Waals surface area contributed by atoms with E-state index >= 15 is 0 Å². The molecule has 2 N–H and O–H groups in total. The summed E-state index contributed by atoms with van der Waals surface area (Å²) in [7, 11) is 1.85. The number of benzene rings is 1. The monoisotopic (exact) mass is 279 g/mol. The molecule has 1 aromatic carbocycles. The molecule has 0 aliphatic heterocycles. The van der Waals surface area contributed by atoms with Crippen molar-refractivity contribution in [2.75, 3.05) is 5.32 Å². The minimum Gasteiger partial charge on any atom is -0.478 e. The number of carbonyl (C=O) groups is 1. The van der Waals surface area contributed by atoms with Gasteiger partial charge in [-0.25, -0.2) is 4.79 Å². The van der Waals surface area contributed by atoms with Crippen LogP contribution >= 0.6 is 11.6 Å². The summed E-state index contributed by atoms with van der Waals surface area (Å²) < 4.78 is 1.73. The molecule has 19 heavy (non-hydrogen) atoms. The van der Waals surface area contributed by atoms with E-state index < -0.39 is 5.97 Å². The number of nitrogens with zero attached hydrogens (tertiary/aromatic N) is 2. The predicted molar refractivity (Wildman–Crippen MR) is 73.7 cm³/mol. The van der Waals surface area contributed by atoms with Gasteiger partial charge in [-0.15, -0.1) is 0 Å². The molecule has 0 atom stereocenters. The van der Waals surface area contributed by atoms with Crippen LogP contribution < -0.4 is 5.32 Å². The molecule has 0 amide bonds. The van der Waals surface area contributed by atoms with E-state index in [1.165, 1.54) is 6.07 Å². The lowest BCUT2D eigenvalue weighted by molar-refractivity contribution is 0.0698. The van der Waals surface area contributed by atoms with Crippen molar-refractivity contribution in [1.29, 1.82) is 0 Å². The maximum Gasteiger partial charge on any atom is 0.337 e. The second-order valence-electron chi connectivity index (χ2n) is 4.26. The SMILES string of the molecule is Cc1nn(C)cc1CNc1ccc(Cl)cc1C(=O)O. The van der Waals surface area contributed by atoms with Crippen LogP contribution in [0.3, 0.4) is 0 Å². The van der Waals surface area contributed by atoms with Crippen molar-refractivity contribution < 1.29 is 9.90 Å². The molecule has 0 aliphatic carbocycles. The van der Waals surface area contributed by atoms with Crippen molar-refractivity contribution in [3.63, 3.8) is 0 Å². The van der Waals surface area contributed by atoms with Gasteiger partial charge in [-0.2, -0.15) is 5.10 Å². The van der Waals surface area contributed by atoms with Crippen molar-refractivity contribution >= 4 is 23.3 Å². The number of hydrogen-bond donors (Lipinski definition) is 2. The highest BCUT2D eigenvalue weighted by Crippen LogP contribution is 2.21. The average Bonchev–Trinajstić information content (AvgIpc) is 2.66. The van der Waals surface area contributed by atoms with Gasteiger partial charge in [-0.3, -0.25) is 4.68 Å². The van der Waals surface area contributed by atoms with Crippen LogP contribution in [0.1, 0.15) is 21.6 Å². The van der Waals surface area contributed by atoms with Gasteiger partial charge in [-0.05, 0) is 25.1 Å². The smallest absolute Gasteiger partial charge is 0.337 e. The van der Waals surface area contributed by atoms with E-state index in [1.54, 1.807) is 16.8 Å². The van der Waals surface area contributed by atoms with Gasteiger partial charge >= 0.3 is 5.97 Å². The molecule has 5 nitrogen and oxygen atoms in total. The number of carboxylic acid groups (broad SMARTS) is 1.